The van der Waals surface area contributed by atoms with Crippen LogP contribution in [0.1, 0.15) is 55.8 Å². The van der Waals surface area contributed by atoms with Crippen molar-refractivity contribution in [2.45, 2.75) is 57.5 Å². The Labute approximate surface area is 132 Å². The van der Waals surface area contributed by atoms with Crippen LogP contribution in [0.5, 0.6) is 5.75 Å². The van der Waals surface area contributed by atoms with Crippen molar-refractivity contribution in [3.05, 3.63) is 23.8 Å². The highest BCUT2D eigenvalue weighted by Gasteiger charge is 2.24. The van der Waals surface area contributed by atoms with Crippen molar-refractivity contribution in [3.8, 4) is 5.75 Å². The zero-order valence-corrected chi connectivity index (χ0v) is 13.4. The number of anilines is 1. The highest BCUT2D eigenvalue weighted by Crippen LogP contribution is 2.29. The number of ether oxygens (including phenoxy) is 1. The molecule has 1 unspecified atom stereocenters. The lowest BCUT2D eigenvalue weighted by Gasteiger charge is -2.27. The van der Waals surface area contributed by atoms with E-state index in [0.717, 1.165) is 30.0 Å². The van der Waals surface area contributed by atoms with Gasteiger partial charge in [-0.3, -0.25) is 4.79 Å². The summed E-state index contributed by atoms with van der Waals surface area (Å²) in [7, 11) is 0. The molecule has 2 N–H and O–H groups in total. The lowest BCUT2D eigenvalue weighted by molar-refractivity contribution is 0.0928. The van der Waals surface area contributed by atoms with Crippen LogP contribution in [0.15, 0.2) is 18.2 Å². The molecular weight excluding hydrogens is 276 g/mol. The molecule has 0 spiro atoms. The Kier molecular flexibility index (Phi) is 4.98. The summed E-state index contributed by atoms with van der Waals surface area (Å²) in [4.78, 5) is 12.8. The summed E-state index contributed by atoms with van der Waals surface area (Å²) in [5.41, 5.74) is 1.71. The third-order valence-electron chi connectivity index (χ3n) is 4.71. The van der Waals surface area contributed by atoms with E-state index in [9.17, 15) is 4.79 Å². The van der Waals surface area contributed by atoms with Gasteiger partial charge in [-0.05, 0) is 37.5 Å². The van der Waals surface area contributed by atoms with Crippen LogP contribution in [0.3, 0.4) is 0 Å². The molecule has 4 heteroatoms. The van der Waals surface area contributed by atoms with Gasteiger partial charge in [0.05, 0.1) is 11.7 Å². The van der Waals surface area contributed by atoms with Crippen LogP contribution in [0.4, 0.5) is 5.69 Å². The molecule has 1 aromatic rings. The molecule has 1 aromatic carbocycles. The number of benzene rings is 1. The number of ketones is 1. The fourth-order valence-electron chi connectivity index (χ4n) is 3.43. The van der Waals surface area contributed by atoms with E-state index in [0.29, 0.717) is 12.6 Å². The number of fused-ring (bicyclic) bond motifs is 1. The minimum absolute atomic E-state index is 0.0781. The molecule has 1 aliphatic carbocycles. The minimum atomic E-state index is -0.0781. The first-order valence-corrected chi connectivity index (χ1v) is 8.59. The first-order chi connectivity index (χ1) is 10.8. The van der Waals surface area contributed by atoms with Gasteiger partial charge in [0.15, 0.2) is 5.78 Å². The van der Waals surface area contributed by atoms with E-state index in [2.05, 4.69) is 17.6 Å². The SMILES string of the molecule is CCC(NC1CCCCC1)C(=O)c1ccc2c(c1)NCCO2. The molecule has 0 radical (unpaired) electrons. The Morgan fingerprint density at radius 3 is 2.95 bits per heavy atom. The van der Waals surface area contributed by atoms with E-state index in [-0.39, 0.29) is 11.8 Å². The number of Topliss-reactive ketones (excluding diaryl/α,β-unsaturated/α-hetero) is 1. The van der Waals surface area contributed by atoms with Gasteiger partial charge in [-0.25, -0.2) is 0 Å². The maximum Gasteiger partial charge on any atom is 0.179 e. The van der Waals surface area contributed by atoms with Gasteiger partial charge in [0.1, 0.15) is 12.4 Å². The van der Waals surface area contributed by atoms with Crippen LogP contribution in [-0.2, 0) is 0 Å². The van der Waals surface area contributed by atoms with Gasteiger partial charge in [-0.1, -0.05) is 26.2 Å². The fourth-order valence-corrected chi connectivity index (χ4v) is 3.43. The molecule has 1 aliphatic heterocycles. The number of hydrogen-bond donors (Lipinski definition) is 2. The third-order valence-corrected chi connectivity index (χ3v) is 4.71. The van der Waals surface area contributed by atoms with Gasteiger partial charge in [0.25, 0.3) is 0 Å². The van der Waals surface area contributed by atoms with Crippen LogP contribution < -0.4 is 15.4 Å². The van der Waals surface area contributed by atoms with E-state index < -0.39 is 0 Å². The molecule has 120 valence electrons. The molecular formula is C18H26N2O2. The van der Waals surface area contributed by atoms with Gasteiger partial charge in [-0.2, -0.15) is 0 Å². The number of carbonyl (C=O) groups is 1. The van der Waals surface area contributed by atoms with Crippen molar-refractivity contribution in [2.75, 3.05) is 18.5 Å². The Balaban J connectivity index is 1.70. The third kappa shape index (κ3) is 3.43. The molecule has 0 bridgehead atoms. The van der Waals surface area contributed by atoms with Gasteiger partial charge < -0.3 is 15.4 Å². The number of nitrogens with one attached hydrogen (secondary N) is 2. The van der Waals surface area contributed by atoms with Gasteiger partial charge in [0, 0.05) is 18.2 Å². The van der Waals surface area contributed by atoms with Crippen molar-refractivity contribution >= 4 is 11.5 Å². The van der Waals surface area contributed by atoms with Crippen molar-refractivity contribution < 1.29 is 9.53 Å². The Morgan fingerprint density at radius 2 is 2.18 bits per heavy atom. The van der Waals surface area contributed by atoms with Crippen LogP contribution in [0.2, 0.25) is 0 Å². The normalized spacial score (nSPS) is 19.7. The monoisotopic (exact) mass is 302 g/mol. The molecule has 1 heterocycles. The molecule has 3 rings (SSSR count). The second kappa shape index (κ2) is 7.14. The van der Waals surface area contributed by atoms with Crippen LogP contribution in [0.25, 0.3) is 0 Å². The van der Waals surface area contributed by atoms with E-state index in [1.54, 1.807) is 0 Å². The predicted octanol–water partition coefficient (Wildman–Crippen LogP) is 3.37. The van der Waals surface area contributed by atoms with Crippen LogP contribution >= 0.6 is 0 Å². The number of hydrogen-bond acceptors (Lipinski definition) is 4. The lowest BCUT2D eigenvalue weighted by Crippen LogP contribution is -2.43. The number of carbonyl (C=O) groups excluding carboxylic acids is 1. The Bertz CT molecular complexity index is 524. The number of rotatable bonds is 5. The highest BCUT2D eigenvalue weighted by atomic mass is 16.5. The summed E-state index contributed by atoms with van der Waals surface area (Å²) < 4.78 is 5.58. The largest absolute Gasteiger partial charge is 0.490 e. The van der Waals surface area contributed by atoms with Crippen molar-refractivity contribution in [2.24, 2.45) is 0 Å². The molecule has 0 amide bonds. The maximum absolute atomic E-state index is 12.8. The molecule has 2 aliphatic rings. The molecule has 1 saturated carbocycles. The summed E-state index contributed by atoms with van der Waals surface area (Å²) >= 11 is 0. The van der Waals surface area contributed by atoms with E-state index in [1.165, 1.54) is 32.1 Å². The average Bonchev–Trinajstić information content (AvgIpc) is 2.59. The summed E-state index contributed by atoms with van der Waals surface area (Å²) in [5.74, 6) is 1.04. The van der Waals surface area contributed by atoms with Gasteiger partial charge in [0.2, 0.25) is 0 Å². The molecule has 22 heavy (non-hydrogen) atoms. The van der Waals surface area contributed by atoms with E-state index in [1.807, 2.05) is 18.2 Å². The predicted molar refractivity (Wildman–Crippen MR) is 88.8 cm³/mol. The molecule has 1 atom stereocenters. The van der Waals surface area contributed by atoms with Crippen LogP contribution in [-0.4, -0.2) is 31.0 Å². The Hall–Kier alpha value is -1.55. The average molecular weight is 302 g/mol. The summed E-state index contributed by atoms with van der Waals surface area (Å²) in [6.07, 6.45) is 7.12. The quantitative estimate of drug-likeness (QED) is 0.819. The minimum Gasteiger partial charge on any atom is -0.490 e. The van der Waals surface area contributed by atoms with Gasteiger partial charge in [-0.15, -0.1) is 0 Å². The maximum atomic E-state index is 12.8. The van der Waals surface area contributed by atoms with Crippen molar-refractivity contribution in [1.82, 2.24) is 5.32 Å². The smallest absolute Gasteiger partial charge is 0.179 e. The zero-order chi connectivity index (χ0) is 15.4. The lowest BCUT2D eigenvalue weighted by atomic mass is 9.93. The molecule has 0 saturated heterocycles. The van der Waals surface area contributed by atoms with Crippen molar-refractivity contribution in [1.29, 1.82) is 0 Å². The Morgan fingerprint density at radius 1 is 1.36 bits per heavy atom. The zero-order valence-electron chi connectivity index (χ0n) is 13.4. The molecule has 0 aromatic heterocycles. The highest BCUT2D eigenvalue weighted by molar-refractivity contribution is 6.01. The van der Waals surface area contributed by atoms with E-state index >= 15 is 0 Å². The summed E-state index contributed by atoms with van der Waals surface area (Å²) in [5, 5.41) is 6.88. The van der Waals surface area contributed by atoms with Crippen molar-refractivity contribution in [3.63, 3.8) is 0 Å². The molecule has 1 fully saturated rings. The first kappa shape index (κ1) is 15.3. The van der Waals surface area contributed by atoms with E-state index in [4.69, 9.17) is 4.74 Å². The fraction of sp³-hybridized carbons (Fsp3) is 0.611. The topological polar surface area (TPSA) is 50.4 Å². The summed E-state index contributed by atoms with van der Waals surface area (Å²) in [6.45, 7) is 3.56. The summed E-state index contributed by atoms with van der Waals surface area (Å²) in [6, 6.07) is 6.15. The second-order valence-electron chi connectivity index (χ2n) is 6.31. The standard InChI is InChI=1S/C18H26N2O2/c1-2-15(20-14-6-4-3-5-7-14)18(21)13-8-9-17-16(12-13)19-10-11-22-17/h8-9,12,14-15,19-20H,2-7,10-11H2,1H3. The van der Waals surface area contributed by atoms with Gasteiger partial charge >= 0.3 is 0 Å². The second-order valence-corrected chi connectivity index (χ2v) is 6.31. The molecule has 4 nitrogen and oxygen atoms in total. The van der Waals surface area contributed by atoms with Crippen LogP contribution in [0, 0.1) is 0 Å². The first-order valence-electron chi connectivity index (χ1n) is 8.59.